The fourth-order valence-corrected chi connectivity index (χ4v) is 2.06. The van der Waals surface area contributed by atoms with Gasteiger partial charge >= 0.3 is 0 Å². The van der Waals surface area contributed by atoms with Crippen molar-refractivity contribution in [3.8, 4) is 0 Å². The molecule has 108 valence electrons. The van der Waals surface area contributed by atoms with Gasteiger partial charge in [0.05, 0.1) is 0 Å². The molecule has 1 aromatic rings. The summed E-state index contributed by atoms with van der Waals surface area (Å²) >= 11 is 0. The van der Waals surface area contributed by atoms with Crippen molar-refractivity contribution in [2.75, 3.05) is 20.1 Å². The van der Waals surface area contributed by atoms with E-state index in [-0.39, 0.29) is 0 Å². The quantitative estimate of drug-likeness (QED) is 0.722. The number of benzene rings is 1. The Hall–Kier alpha value is -0.860. The summed E-state index contributed by atoms with van der Waals surface area (Å²) in [4.78, 5) is 2.43. The van der Waals surface area contributed by atoms with Crippen LogP contribution < -0.4 is 5.32 Å². The molecule has 1 unspecified atom stereocenters. The van der Waals surface area contributed by atoms with Gasteiger partial charge in [-0.25, -0.2) is 0 Å². The van der Waals surface area contributed by atoms with E-state index in [1.54, 1.807) is 0 Å². The normalized spacial score (nSPS) is 13.2. The predicted molar refractivity (Wildman–Crippen MR) is 84.4 cm³/mol. The summed E-state index contributed by atoms with van der Waals surface area (Å²) in [6.45, 7) is 12.2. The maximum absolute atomic E-state index is 3.52. The summed E-state index contributed by atoms with van der Waals surface area (Å²) in [6.07, 6.45) is 1.20. The summed E-state index contributed by atoms with van der Waals surface area (Å²) in [5, 5.41) is 3.52. The van der Waals surface area contributed by atoms with Crippen LogP contribution in [0.2, 0.25) is 0 Å². The second-order valence-corrected chi connectivity index (χ2v) is 6.14. The van der Waals surface area contributed by atoms with Gasteiger partial charge in [-0.1, -0.05) is 43.7 Å². The van der Waals surface area contributed by atoms with Crippen LogP contribution >= 0.6 is 0 Å². The lowest BCUT2D eigenvalue weighted by atomic mass is 10.1. The molecule has 0 aliphatic heterocycles. The Kier molecular flexibility index (Phi) is 7.11. The Labute approximate surface area is 119 Å². The third-order valence-electron chi connectivity index (χ3n) is 3.60. The molecule has 0 heterocycles. The molecule has 1 rings (SSSR count). The zero-order chi connectivity index (χ0) is 14.3. The maximum Gasteiger partial charge on any atom is 0.0233 e. The zero-order valence-corrected chi connectivity index (χ0v) is 13.2. The van der Waals surface area contributed by atoms with Crippen molar-refractivity contribution >= 4 is 0 Å². The monoisotopic (exact) mass is 262 g/mol. The largest absolute Gasteiger partial charge is 0.316 e. The van der Waals surface area contributed by atoms with Crippen molar-refractivity contribution in [1.82, 2.24) is 10.2 Å². The Bertz CT molecular complexity index is 343. The van der Waals surface area contributed by atoms with Crippen LogP contribution in [0, 0.1) is 12.8 Å². The van der Waals surface area contributed by atoms with Crippen LogP contribution in [0.15, 0.2) is 24.3 Å². The first-order valence-corrected chi connectivity index (χ1v) is 7.45. The molecule has 0 saturated heterocycles. The highest BCUT2D eigenvalue weighted by atomic mass is 15.1. The van der Waals surface area contributed by atoms with Gasteiger partial charge in [0.15, 0.2) is 0 Å². The molecule has 1 atom stereocenters. The first-order chi connectivity index (χ1) is 8.99. The van der Waals surface area contributed by atoms with Crippen molar-refractivity contribution in [3.63, 3.8) is 0 Å². The van der Waals surface area contributed by atoms with Crippen LogP contribution in [0.5, 0.6) is 0 Å². The van der Waals surface area contributed by atoms with E-state index < -0.39 is 0 Å². The fourth-order valence-electron chi connectivity index (χ4n) is 2.06. The van der Waals surface area contributed by atoms with Crippen LogP contribution in [-0.2, 0) is 6.54 Å². The van der Waals surface area contributed by atoms with Crippen molar-refractivity contribution in [3.05, 3.63) is 35.4 Å². The molecule has 2 nitrogen and oxygen atoms in total. The molecule has 1 aromatic carbocycles. The van der Waals surface area contributed by atoms with Gasteiger partial charge in [0.25, 0.3) is 0 Å². The van der Waals surface area contributed by atoms with Crippen molar-refractivity contribution in [1.29, 1.82) is 0 Å². The molecule has 1 N–H and O–H groups in total. The third-order valence-corrected chi connectivity index (χ3v) is 3.60. The van der Waals surface area contributed by atoms with Crippen LogP contribution in [-0.4, -0.2) is 31.1 Å². The first-order valence-electron chi connectivity index (χ1n) is 7.45. The van der Waals surface area contributed by atoms with Gasteiger partial charge in [-0.05, 0) is 51.9 Å². The van der Waals surface area contributed by atoms with Crippen molar-refractivity contribution < 1.29 is 0 Å². The van der Waals surface area contributed by atoms with E-state index in [9.17, 15) is 0 Å². The van der Waals surface area contributed by atoms with Gasteiger partial charge in [-0.2, -0.15) is 0 Å². The number of nitrogens with zero attached hydrogens (tertiary/aromatic N) is 1. The van der Waals surface area contributed by atoms with Gasteiger partial charge in [-0.15, -0.1) is 0 Å². The number of nitrogens with one attached hydrogen (secondary N) is 1. The number of hydrogen-bond acceptors (Lipinski definition) is 2. The number of aryl methyl sites for hydroxylation is 1. The lowest BCUT2D eigenvalue weighted by Crippen LogP contribution is -2.32. The first kappa shape index (κ1) is 16.2. The summed E-state index contributed by atoms with van der Waals surface area (Å²) in [7, 11) is 2.22. The number of hydrogen-bond donors (Lipinski definition) is 1. The molecule has 0 radical (unpaired) electrons. The van der Waals surface area contributed by atoms with Gasteiger partial charge in [0, 0.05) is 12.6 Å². The molecule has 0 fully saturated rings. The van der Waals surface area contributed by atoms with E-state index in [1.165, 1.54) is 17.5 Å². The Balaban J connectivity index is 2.28. The minimum atomic E-state index is 0.612. The standard InChI is InChI=1S/C17H30N2/c1-14(2)12-18-11-10-16(4)19(5)13-17-8-6-15(3)7-9-17/h6-9,14,16,18H,10-13H2,1-5H3. The molecular weight excluding hydrogens is 232 g/mol. The molecule has 0 aliphatic carbocycles. The van der Waals surface area contributed by atoms with Crippen LogP contribution in [0.4, 0.5) is 0 Å². The minimum Gasteiger partial charge on any atom is -0.316 e. The van der Waals surface area contributed by atoms with Gasteiger partial charge < -0.3 is 5.32 Å². The van der Waals surface area contributed by atoms with E-state index in [0.717, 1.165) is 25.6 Å². The molecule has 0 amide bonds. The highest BCUT2D eigenvalue weighted by Crippen LogP contribution is 2.09. The minimum absolute atomic E-state index is 0.612. The SMILES string of the molecule is Cc1ccc(CN(C)C(C)CCNCC(C)C)cc1. The Morgan fingerprint density at radius 2 is 1.74 bits per heavy atom. The molecule has 0 saturated carbocycles. The second-order valence-electron chi connectivity index (χ2n) is 6.14. The fraction of sp³-hybridized carbons (Fsp3) is 0.647. The van der Waals surface area contributed by atoms with Crippen molar-refractivity contribution in [2.24, 2.45) is 5.92 Å². The summed E-state index contributed by atoms with van der Waals surface area (Å²) in [6, 6.07) is 9.46. The Morgan fingerprint density at radius 1 is 1.11 bits per heavy atom. The summed E-state index contributed by atoms with van der Waals surface area (Å²) in [5.41, 5.74) is 2.73. The molecule has 2 heteroatoms. The smallest absolute Gasteiger partial charge is 0.0233 e. The molecule has 0 aromatic heterocycles. The zero-order valence-electron chi connectivity index (χ0n) is 13.2. The summed E-state index contributed by atoms with van der Waals surface area (Å²) < 4.78 is 0. The third kappa shape index (κ3) is 6.74. The molecule has 0 bridgehead atoms. The molecule has 0 spiro atoms. The molecule has 19 heavy (non-hydrogen) atoms. The average Bonchev–Trinajstić information content (AvgIpc) is 2.36. The van der Waals surface area contributed by atoms with E-state index in [4.69, 9.17) is 0 Å². The Morgan fingerprint density at radius 3 is 2.32 bits per heavy atom. The lowest BCUT2D eigenvalue weighted by Gasteiger charge is -2.25. The highest BCUT2D eigenvalue weighted by Gasteiger charge is 2.09. The topological polar surface area (TPSA) is 15.3 Å². The van der Waals surface area contributed by atoms with Crippen LogP contribution in [0.25, 0.3) is 0 Å². The van der Waals surface area contributed by atoms with E-state index in [1.807, 2.05) is 0 Å². The highest BCUT2D eigenvalue weighted by molar-refractivity contribution is 5.21. The van der Waals surface area contributed by atoms with Gasteiger partial charge in [0.1, 0.15) is 0 Å². The number of rotatable bonds is 8. The van der Waals surface area contributed by atoms with E-state index in [2.05, 4.69) is 69.2 Å². The lowest BCUT2D eigenvalue weighted by molar-refractivity contribution is 0.236. The predicted octanol–water partition coefficient (Wildman–Crippen LogP) is 3.45. The van der Waals surface area contributed by atoms with Gasteiger partial charge in [-0.3, -0.25) is 4.90 Å². The maximum atomic E-state index is 3.52. The second kappa shape index (κ2) is 8.34. The summed E-state index contributed by atoms with van der Waals surface area (Å²) in [5.74, 6) is 0.737. The van der Waals surface area contributed by atoms with E-state index >= 15 is 0 Å². The van der Waals surface area contributed by atoms with Gasteiger partial charge in [0.2, 0.25) is 0 Å². The van der Waals surface area contributed by atoms with Crippen molar-refractivity contribution in [2.45, 2.75) is 46.7 Å². The molecule has 0 aliphatic rings. The van der Waals surface area contributed by atoms with E-state index in [0.29, 0.717) is 6.04 Å². The average molecular weight is 262 g/mol. The van der Waals surface area contributed by atoms with Crippen LogP contribution in [0.3, 0.4) is 0 Å². The van der Waals surface area contributed by atoms with Crippen LogP contribution in [0.1, 0.15) is 38.3 Å². The molecular formula is C17H30N2.